The van der Waals surface area contributed by atoms with Gasteiger partial charge in [0.05, 0.1) is 0 Å². The molecule has 0 radical (unpaired) electrons. The highest BCUT2D eigenvalue weighted by Gasteiger charge is 2.48. The van der Waals surface area contributed by atoms with E-state index in [0.29, 0.717) is 23.9 Å². The van der Waals surface area contributed by atoms with E-state index in [2.05, 4.69) is 4.90 Å². The van der Waals surface area contributed by atoms with Gasteiger partial charge in [0.15, 0.2) is 0 Å². The Hall–Kier alpha value is -1.88. The van der Waals surface area contributed by atoms with Gasteiger partial charge in [-0.05, 0) is 55.4 Å². The van der Waals surface area contributed by atoms with Crippen LogP contribution >= 0.6 is 0 Å². The first-order chi connectivity index (χ1) is 10.6. The lowest BCUT2D eigenvalue weighted by molar-refractivity contribution is -0.128. The van der Waals surface area contributed by atoms with E-state index in [1.807, 2.05) is 12.1 Å². The highest BCUT2D eigenvalue weighted by molar-refractivity contribution is 5.93. The molecule has 2 N–H and O–H groups in total. The fourth-order valence-corrected chi connectivity index (χ4v) is 4.06. The third-order valence-corrected chi connectivity index (χ3v) is 5.40. The van der Waals surface area contributed by atoms with Crippen LogP contribution < -0.4 is 5.48 Å². The molecule has 1 spiro atoms. The predicted octanol–water partition coefficient (Wildman–Crippen LogP) is 1.68. The lowest BCUT2D eigenvalue weighted by Crippen LogP contribution is -2.34. The van der Waals surface area contributed by atoms with Gasteiger partial charge in [0.1, 0.15) is 0 Å². The molecular weight excluding hydrogens is 280 g/mol. The van der Waals surface area contributed by atoms with Crippen molar-refractivity contribution in [3.63, 3.8) is 0 Å². The second-order valence-corrected chi connectivity index (χ2v) is 7.03. The van der Waals surface area contributed by atoms with E-state index >= 15 is 0 Å². The highest BCUT2D eigenvalue weighted by Crippen LogP contribution is 2.46. The van der Waals surface area contributed by atoms with Crippen molar-refractivity contribution in [3.8, 4) is 0 Å². The zero-order valence-corrected chi connectivity index (χ0v) is 12.5. The first kappa shape index (κ1) is 13.8. The van der Waals surface area contributed by atoms with Crippen LogP contribution in [-0.4, -0.2) is 34.5 Å². The maximum absolute atomic E-state index is 12.3. The maximum Gasteiger partial charge on any atom is 0.274 e. The van der Waals surface area contributed by atoms with Crippen LogP contribution in [-0.2, 0) is 17.6 Å². The summed E-state index contributed by atoms with van der Waals surface area (Å²) in [4.78, 5) is 26.0. The molecule has 4 rings (SSSR count). The minimum Gasteiger partial charge on any atom is -0.339 e. The Morgan fingerprint density at radius 2 is 2.09 bits per heavy atom. The second kappa shape index (κ2) is 4.81. The van der Waals surface area contributed by atoms with Crippen molar-refractivity contribution in [1.82, 2.24) is 10.4 Å². The molecule has 1 saturated heterocycles. The van der Waals surface area contributed by atoms with Crippen LogP contribution in [0, 0.1) is 5.41 Å². The van der Waals surface area contributed by atoms with E-state index in [1.54, 1.807) is 11.5 Å². The van der Waals surface area contributed by atoms with Crippen molar-refractivity contribution in [2.45, 2.75) is 44.6 Å². The maximum atomic E-state index is 12.3. The Balaban J connectivity index is 1.60. The third-order valence-electron chi connectivity index (χ3n) is 5.40. The van der Waals surface area contributed by atoms with Crippen molar-refractivity contribution in [1.29, 1.82) is 0 Å². The lowest BCUT2D eigenvalue weighted by Gasteiger charge is -2.34. The lowest BCUT2D eigenvalue weighted by atomic mass is 9.70. The van der Waals surface area contributed by atoms with Crippen LogP contribution in [0.5, 0.6) is 0 Å². The Labute approximate surface area is 129 Å². The monoisotopic (exact) mass is 300 g/mol. The van der Waals surface area contributed by atoms with Crippen LogP contribution in [0.25, 0.3) is 0 Å². The minimum atomic E-state index is -0.482. The summed E-state index contributed by atoms with van der Waals surface area (Å²) in [5.41, 5.74) is 4.61. The minimum absolute atomic E-state index is 0.0426. The smallest absolute Gasteiger partial charge is 0.274 e. The molecule has 5 nitrogen and oxygen atoms in total. The van der Waals surface area contributed by atoms with Gasteiger partial charge in [-0.15, -0.1) is 0 Å². The summed E-state index contributed by atoms with van der Waals surface area (Å²) < 4.78 is 0. The fourth-order valence-electron chi connectivity index (χ4n) is 4.06. The van der Waals surface area contributed by atoms with Gasteiger partial charge in [-0.25, -0.2) is 5.48 Å². The van der Waals surface area contributed by atoms with E-state index in [-0.39, 0.29) is 5.41 Å². The number of nitrogens with zero attached hydrogens (tertiary/aromatic N) is 1. The standard InChI is InChI=1S/C17H20N2O3/c20-15-9-17(10-19(15)14-3-4-14)6-5-11-1-2-12(16(21)18-22)7-13(11)8-17/h1-2,7,14,22H,3-6,8-10H2,(H,18,21). The summed E-state index contributed by atoms with van der Waals surface area (Å²) in [6.07, 6.45) is 5.80. The second-order valence-electron chi connectivity index (χ2n) is 7.03. The third kappa shape index (κ3) is 2.20. The van der Waals surface area contributed by atoms with Crippen molar-refractivity contribution in [2.24, 2.45) is 5.41 Å². The van der Waals surface area contributed by atoms with Crippen molar-refractivity contribution in [3.05, 3.63) is 34.9 Å². The molecule has 116 valence electrons. The van der Waals surface area contributed by atoms with Gasteiger partial charge < -0.3 is 4.90 Å². The van der Waals surface area contributed by atoms with Crippen LogP contribution in [0.2, 0.25) is 0 Å². The number of benzene rings is 1. The molecule has 0 bridgehead atoms. The molecule has 1 aromatic rings. The summed E-state index contributed by atoms with van der Waals surface area (Å²) >= 11 is 0. The molecule has 2 aliphatic carbocycles. The number of fused-ring (bicyclic) bond motifs is 1. The van der Waals surface area contributed by atoms with Crippen LogP contribution in [0.15, 0.2) is 18.2 Å². The number of carbonyl (C=O) groups excluding carboxylic acids is 2. The number of hydrogen-bond donors (Lipinski definition) is 2. The number of rotatable bonds is 2. The highest BCUT2D eigenvalue weighted by atomic mass is 16.5. The van der Waals surface area contributed by atoms with Crippen molar-refractivity contribution >= 4 is 11.8 Å². The molecule has 0 aromatic heterocycles. The van der Waals surface area contributed by atoms with E-state index in [1.165, 1.54) is 5.56 Å². The predicted molar refractivity (Wildman–Crippen MR) is 79.5 cm³/mol. The summed E-state index contributed by atoms with van der Waals surface area (Å²) in [7, 11) is 0. The number of aryl methyl sites for hydroxylation is 1. The number of amides is 2. The number of hydroxylamine groups is 1. The zero-order chi connectivity index (χ0) is 15.3. The van der Waals surface area contributed by atoms with Gasteiger partial charge in [-0.3, -0.25) is 14.8 Å². The van der Waals surface area contributed by atoms with E-state index < -0.39 is 5.91 Å². The normalized spacial score (nSPS) is 27.1. The summed E-state index contributed by atoms with van der Waals surface area (Å²) in [6, 6.07) is 6.08. The quantitative estimate of drug-likeness (QED) is 0.645. The summed E-state index contributed by atoms with van der Waals surface area (Å²) in [6.45, 7) is 0.867. The van der Waals surface area contributed by atoms with Gasteiger partial charge in [0.25, 0.3) is 5.91 Å². The Morgan fingerprint density at radius 1 is 1.27 bits per heavy atom. The Kier molecular flexibility index (Phi) is 3.01. The van der Waals surface area contributed by atoms with E-state index in [9.17, 15) is 9.59 Å². The molecule has 3 aliphatic rings. The molecule has 1 saturated carbocycles. The topological polar surface area (TPSA) is 69.6 Å². The summed E-state index contributed by atoms with van der Waals surface area (Å²) in [5.74, 6) is -0.181. The average Bonchev–Trinajstić information content (AvgIpc) is 3.31. The zero-order valence-electron chi connectivity index (χ0n) is 12.5. The fraction of sp³-hybridized carbons (Fsp3) is 0.529. The molecule has 2 fully saturated rings. The molecule has 1 aliphatic heterocycles. The SMILES string of the molecule is O=C(NO)c1ccc2c(c1)CC1(CC2)CC(=O)N(C2CC2)C1. The van der Waals surface area contributed by atoms with Gasteiger partial charge in [-0.2, -0.15) is 0 Å². The first-order valence-electron chi connectivity index (χ1n) is 7.96. The van der Waals surface area contributed by atoms with E-state index in [0.717, 1.165) is 44.2 Å². The van der Waals surface area contributed by atoms with Gasteiger partial charge in [-0.1, -0.05) is 6.07 Å². The number of hydrogen-bond acceptors (Lipinski definition) is 3. The van der Waals surface area contributed by atoms with Crippen molar-refractivity contribution in [2.75, 3.05) is 6.54 Å². The van der Waals surface area contributed by atoms with Gasteiger partial charge in [0.2, 0.25) is 5.91 Å². The molecule has 1 heterocycles. The summed E-state index contributed by atoms with van der Waals surface area (Å²) in [5, 5.41) is 8.78. The van der Waals surface area contributed by atoms with Crippen LogP contribution in [0.3, 0.4) is 0 Å². The van der Waals surface area contributed by atoms with Crippen molar-refractivity contribution < 1.29 is 14.8 Å². The molecule has 1 atom stereocenters. The molecule has 1 unspecified atom stereocenters. The van der Waals surface area contributed by atoms with Crippen LogP contribution in [0.4, 0.5) is 0 Å². The molecule has 22 heavy (non-hydrogen) atoms. The van der Waals surface area contributed by atoms with Crippen LogP contribution in [0.1, 0.15) is 47.2 Å². The Bertz CT molecular complexity index is 653. The first-order valence-corrected chi connectivity index (χ1v) is 7.96. The van der Waals surface area contributed by atoms with Gasteiger partial charge in [0, 0.05) is 30.0 Å². The van der Waals surface area contributed by atoms with Gasteiger partial charge >= 0.3 is 0 Å². The Morgan fingerprint density at radius 3 is 2.82 bits per heavy atom. The largest absolute Gasteiger partial charge is 0.339 e. The number of likely N-dealkylation sites (tertiary alicyclic amines) is 1. The molecule has 1 aromatic carbocycles. The number of carbonyl (C=O) groups is 2. The number of nitrogens with one attached hydrogen (secondary N) is 1. The van der Waals surface area contributed by atoms with E-state index in [4.69, 9.17) is 5.21 Å². The molecular formula is C17H20N2O3. The molecule has 2 amide bonds. The molecule has 5 heteroatoms. The average molecular weight is 300 g/mol.